The van der Waals surface area contributed by atoms with E-state index < -0.39 is 30.4 Å². The maximum Gasteiger partial charge on any atom is 0.332 e. The molecule has 0 aliphatic rings. The van der Waals surface area contributed by atoms with Gasteiger partial charge in [0.2, 0.25) is 18.1 Å². The molecule has 0 radical (unpaired) electrons. The number of hydrogen-bond acceptors (Lipinski definition) is 6. The fourth-order valence-corrected chi connectivity index (χ4v) is 3.36. The molecular weight excluding hydrogens is 436 g/mol. The van der Waals surface area contributed by atoms with E-state index in [9.17, 15) is 14.4 Å². The van der Waals surface area contributed by atoms with Crippen LogP contribution in [-0.4, -0.2) is 30.0 Å². The number of rotatable bonds is 13. The van der Waals surface area contributed by atoms with Crippen LogP contribution in [0.3, 0.4) is 0 Å². The summed E-state index contributed by atoms with van der Waals surface area (Å²) in [5, 5.41) is 0. The van der Waals surface area contributed by atoms with Crippen LogP contribution >= 0.6 is 0 Å². The minimum absolute atomic E-state index is 0.264. The van der Waals surface area contributed by atoms with Gasteiger partial charge in [0.05, 0.1) is 0 Å². The van der Waals surface area contributed by atoms with Crippen LogP contribution in [0.1, 0.15) is 115 Å². The van der Waals surface area contributed by atoms with Crippen molar-refractivity contribution in [1.29, 1.82) is 0 Å². The Morgan fingerprint density at radius 3 is 2.21 bits per heavy atom. The van der Waals surface area contributed by atoms with Crippen LogP contribution in [0.2, 0.25) is 0 Å². The number of esters is 1. The van der Waals surface area contributed by atoms with Crippen LogP contribution in [0.5, 0.6) is 0 Å². The summed E-state index contributed by atoms with van der Waals surface area (Å²) in [7, 11) is 0. The van der Waals surface area contributed by atoms with Gasteiger partial charge in [-0.05, 0) is 50.3 Å². The molecule has 0 aromatic heterocycles. The van der Waals surface area contributed by atoms with E-state index in [0.717, 1.165) is 37.7 Å². The van der Waals surface area contributed by atoms with E-state index in [1.54, 1.807) is 39.0 Å². The molecule has 8 nitrogen and oxygen atoms in total. The number of nitrogens with two attached hydrogens (primary N) is 1. The second-order valence-electron chi connectivity index (χ2n) is 10.5. The van der Waals surface area contributed by atoms with Gasteiger partial charge in [0, 0.05) is 17.5 Å². The number of benzene rings is 1. The minimum Gasteiger partial charge on any atom is -0.458 e. The lowest BCUT2D eigenvalue weighted by Crippen LogP contribution is -2.31. The summed E-state index contributed by atoms with van der Waals surface area (Å²) in [5.41, 5.74) is 8.48. The lowest BCUT2D eigenvalue weighted by molar-refractivity contribution is -0.202. The quantitative estimate of drug-likeness (QED) is 0.181. The number of nitrogens with one attached hydrogen (secondary N) is 1. The molecule has 1 unspecified atom stereocenters. The average Bonchev–Trinajstić information content (AvgIpc) is 2.71. The Labute approximate surface area is 203 Å². The zero-order chi connectivity index (χ0) is 25.9. The molecule has 3 N–H and O–H groups in total. The smallest absolute Gasteiger partial charge is 0.332 e. The topological polar surface area (TPSA) is 117 Å². The summed E-state index contributed by atoms with van der Waals surface area (Å²) in [4.78, 5) is 42.0. The molecule has 2 amide bonds. The molecule has 0 spiro atoms. The van der Waals surface area contributed by atoms with E-state index in [0.29, 0.717) is 12.0 Å². The minimum atomic E-state index is -1.15. The Kier molecular flexibility index (Phi) is 11.7. The number of primary amides is 1. The molecule has 0 aliphatic carbocycles. The normalized spacial score (nSPS) is 12.8. The molecule has 0 bridgehead atoms. The predicted octanol–water partition coefficient (Wildman–Crippen LogP) is 4.85. The molecule has 1 atom stereocenters. The molecule has 34 heavy (non-hydrogen) atoms. The van der Waals surface area contributed by atoms with Gasteiger partial charge >= 0.3 is 5.97 Å². The standard InChI is InChI=1S/C26H42N2O6/c1-8-9-10-11-12-13-21(29)28-34-24(32-17-22(30)33-26(5,6)7)19-16-18(23(27)31)14-15-20(19)25(2,3)4/h14-16,24H,8-13,17H2,1-7H3,(H2,27,31)(H,28,29). The molecule has 0 saturated heterocycles. The van der Waals surface area contributed by atoms with E-state index in [1.165, 1.54) is 0 Å². The summed E-state index contributed by atoms with van der Waals surface area (Å²) in [5.74, 6) is -1.47. The fraction of sp³-hybridized carbons (Fsp3) is 0.654. The molecule has 0 aliphatic heterocycles. The summed E-state index contributed by atoms with van der Waals surface area (Å²) in [6.45, 7) is 13.0. The summed E-state index contributed by atoms with van der Waals surface area (Å²) < 4.78 is 11.1. The number of hydroxylamine groups is 1. The first-order chi connectivity index (χ1) is 15.7. The van der Waals surface area contributed by atoms with Gasteiger partial charge < -0.3 is 15.2 Å². The van der Waals surface area contributed by atoms with E-state index >= 15 is 0 Å². The number of carbonyl (C=O) groups is 3. The number of hydrogen-bond donors (Lipinski definition) is 2. The molecule has 0 heterocycles. The van der Waals surface area contributed by atoms with Crippen molar-refractivity contribution in [2.45, 2.75) is 104 Å². The summed E-state index contributed by atoms with van der Waals surface area (Å²) >= 11 is 0. The van der Waals surface area contributed by atoms with Crippen molar-refractivity contribution in [1.82, 2.24) is 5.48 Å². The molecule has 1 aromatic rings. The van der Waals surface area contributed by atoms with Gasteiger partial charge in [0.15, 0.2) is 0 Å². The number of ether oxygens (including phenoxy) is 2. The molecule has 192 valence electrons. The largest absolute Gasteiger partial charge is 0.458 e. The number of unbranched alkanes of at least 4 members (excludes halogenated alkanes) is 4. The van der Waals surface area contributed by atoms with Crippen LogP contribution in [0.4, 0.5) is 0 Å². The van der Waals surface area contributed by atoms with Crippen molar-refractivity contribution >= 4 is 17.8 Å². The molecular formula is C26H42N2O6. The summed E-state index contributed by atoms with van der Waals surface area (Å²) in [6.07, 6.45) is 4.25. The first-order valence-corrected chi connectivity index (χ1v) is 12.0. The molecule has 0 fully saturated rings. The van der Waals surface area contributed by atoms with Crippen LogP contribution in [-0.2, 0) is 29.3 Å². The van der Waals surface area contributed by atoms with Gasteiger partial charge in [-0.2, -0.15) is 0 Å². The average molecular weight is 479 g/mol. The zero-order valence-corrected chi connectivity index (χ0v) is 21.8. The third-order valence-electron chi connectivity index (χ3n) is 4.96. The van der Waals surface area contributed by atoms with Crippen molar-refractivity contribution in [2.75, 3.05) is 6.61 Å². The predicted molar refractivity (Wildman–Crippen MR) is 131 cm³/mol. The molecule has 1 aromatic carbocycles. The van der Waals surface area contributed by atoms with E-state index in [4.69, 9.17) is 20.0 Å². The van der Waals surface area contributed by atoms with Gasteiger partial charge in [0.1, 0.15) is 12.2 Å². The van der Waals surface area contributed by atoms with Gasteiger partial charge in [0.25, 0.3) is 0 Å². The highest BCUT2D eigenvalue weighted by Gasteiger charge is 2.27. The van der Waals surface area contributed by atoms with Gasteiger partial charge in [-0.15, -0.1) is 0 Å². The second kappa shape index (κ2) is 13.4. The Bertz CT molecular complexity index is 824. The Hall–Kier alpha value is -2.45. The lowest BCUT2D eigenvalue weighted by atomic mass is 9.83. The third-order valence-corrected chi connectivity index (χ3v) is 4.96. The molecule has 8 heteroatoms. The maximum atomic E-state index is 12.3. The Morgan fingerprint density at radius 1 is 1.00 bits per heavy atom. The summed E-state index contributed by atoms with van der Waals surface area (Å²) in [6, 6.07) is 4.98. The van der Waals surface area contributed by atoms with E-state index in [2.05, 4.69) is 12.4 Å². The highest BCUT2D eigenvalue weighted by Crippen LogP contribution is 2.32. The van der Waals surface area contributed by atoms with Crippen molar-refractivity contribution in [3.05, 3.63) is 34.9 Å². The van der Waals surface area contributed by atoms with Crippen molar-refractivity contribution in [3.63, 3.8) is 0 Å². The van der Waals surface area contributed by atoms with Crippen molar-refractivity contribution < 1.29 is 28.7 Å². The van der Waals surface area contributed by atoms with E-state index in [1.807, 2.05) is 20.8 Å². The van der Waals surface area contributed by atoms with Crippen LogP contribution in [0.25, 0.3) is 0 Å². The Balaban J connectivity index is 3.07. The van der Waals surface area contributed by atoms with E-state index in [-0.39, 0.29) is 16.9 Å². The van der Waals surface area contributed by atoms with Gasteiger partial charge in [-0.3, -0.25) is 9.59 Å². The third kappa shape index (κ3) is 11.1. The first-order valence-electron chi connectivity index (χ1n) is 12.0. The highest BCUT2D eigenvalue weighted by molar-refractivity contribution is 5.93. The second-order valence-corrected chi connectivity index (χ2v) is 10.5. The van der Waals surface area contributed by atoms with Crippen LogP contribution < -0.4 is 11.2 Å². The fourth-order valence-electron chi connectivity index (χ4n) is 3.36. The SMILES string of the molecule is CCCCCCCC(=O)NOC(OCC(=O)OC(C)(C)C)c1cc(C(N)=O)ccc1C(C)(C)C. The molecule has 1 rings (SSSR count). The Morgan fingerprint density at radius 2 is 1.65 bits per heavy atom. The van der Waals surface area contributed by atoms with Crippen molar-refractivity contribution in [2.24, 2.45) is 5.73 Å². The molecule has 0 saturated carbocycles. The van der Waals surface area contributed by atoms with Crippen LogP contribution in [0.15, 0.2) is 18.2 Å². The zero-order valence-electron chi connectivity index (χ0n) is 21.8. The van der Waals surface area contributed by atoms with Gasteiger partial charge in [-0.25, -0.2) is 15.1 Å². The lowest BCUT2D eigenvalue weighted by Gasteiger charge is -2.28. The van der Waals surface area contributed by atoms with Crippen molar-refractivity contribution in [3.8, 4) is 0 Å². The number of carbonyl (C=O) groups excluding carboxylic acids is 3. The van der Waals surface area contributed by atoms with Gasteiger partial charge in [-0.1, -0.05) is 59.4 Å². The number of amides is 2. The highest BCUT2D eigenvalue weighted by atomic mass is 16.8. The van der Waals surface area contributed by atoms with Crippen LogP contribution in [0, 0.1) is 0 Å². The monoisotopic (exact) mass is 478 g/mol. The first kappa shape index (κ1) is 29.6. The maximum absolute atomic E-state index is 12.3.